The van der Waals surface area contributed by atoms with E-state index >= 15 is 0 Å². The average molecular weight is 353 g/mol. The number of benzene rings is 1. The quantitative estimate of drug-likeness (QED) is 0.760. The molecule has 3 aromatic rings. The normalized spacial score (nSPS) is 11.6. The standard InChI is InChI=1S/C15H14F3N5O2/c1-24-10-5-9(6-11(7-10)25-2)8-19-12-3-4-13-20-21-14(15(16,17)18)23(13)22-12/h3-7H,8H2,1-2H3,(H,19,22). The predicted molar refractivity (Wildman–Crippen MR) is 82.7 cm³/mol. The molecule has 25 heavy (non-hydrogen) atoms. The minimum Gasteiger partial charge on any atom is -0.497 e. The van der Waals surface area contributed by atoms with Crippen LogP contribution in [0, 0.1) is 0 Å². The maximum Gasteiger partial charge on any atom is 0.453 e. The van der Waals surface area contributed by atoms with Crippen molar-refractivity contribution in [2.75, 3.05) is 19.5 Å². The Labute approximate surface area is 140 Å². The van der Waals surface area contributed by atoms with Gasteiger partial charge in [-0.2, -0.15) is 17.7 Å². The fourth-order valence-electron chi connectivity index (χ4n) is 2.22. The topological polar surface area (TPSA) is 73.6 Å². The second-order valence-electron chi connectivity index (χ2n) is 5.08. The van der Waals surface area contributed by atoms with E-state index in [1.54, 1.807) is 18.2 Å². The van der Waals surface area contributed by atoms with Crippen molar-refractivity contribution in [2.24, 2.45) is 0 Å². The Balaban J connectivity index is 1.84. The summed E-state index contributed by atoms with van der Waals surface area (Å²) in [7, 11) is 3.07. The number of alkyl halides is 3. The molecule has 132 valence electrons. The highest BCUT2D eigenvalue weighted by molar-refractivity contribution is 5.45. The number of nitrogens with zero attached hydrogens (tertiary/aromatic N) is 4. The molecule has 2 heterocycles. The highest BCUT2D eigenvalue weighted by atomic mass is 19.4. The zero-order valence-electron chi connectivity index (χ0n) is 13.3. The Morgan fingerprint density at radius 1 is 1.04 bits per heavy atom. The lowest BCUT2D eigenvalue weighted by Crippen LogP contribution is -2.13. The first-order valence-corrected chi connectivity index (χ1v) is 7.16. The number of fused-ring (bicyclic) bond motifs is 1. The van der Waals surface area contributed by atoms with Crippen LogP contribution in [0.25, 0.3) is 5.65 Å². The molecule has 0 aliphatic heterocycles. The van der Waals surface area contributed by atoms with E-state index < -0.39 is 12.0 Å². The van der Waals surface area contributed by atoms with Crippen LogP contribution in [0.3, 0.4) is 0 Å². The van der Waals surface area contributed by atoms with E-state index in [-0.39, 0.29) is 11.5 Å². The van der Waals surface area contributed by atoms with Crippen molar-refractivity contribution in [3.8, 4) is 11.5 Å². The van der Waals surface area contributed by atoms with E-state index in [2.05, 4.69) is 20.6 Å². The third kappa shape index (κ3) is 3.57. The third-order valence-corrected chi connectivity index (χ3v) is 3.40. The van der Waals surface area contributed by atoms with Gasteiger partial charge in [0.2, 0.25) is 0 Å². The number of methoxy groups -OCH3 is 2. The lowest BCUT2D eigenvalue weighted by Gasteiger charge is -2.10. The van der Waals surface area contributed by atoms with Crippen LogP contribution in [0.2, 0.25) is 0 Å². The van der Waals surface area contributed by atoms with Crippen molar-refractivity contribution in [1.29, 1.82) is 0 Å². The summed E-state index contributed by atoms with van der Waals surface area (Å²) < 4.78 is 49.7. The predicted octanol–water partition coefficient (Wildman–Crippen LogP) is 2.77. The van der Waals surface area contributed by atoms with Gasteiger partial charge in [-0.3, -0.25) is 0 Å². The van der Waals surface area contributed by atoms with Crippen molar-refractivity contribution in [3.05, 3.63) is 41.7 Å². The zero-order valence-corrected chi connectivity index (χ0v) is 13.3. The Hall–Kier alpha value is -3.04. The van der Waals surface area contributed by atoms with Crippen LogP contribution in [0.1, 0.15) is 11.4 Å². The maximum absolute atomic E-state index is 12.9. The molecule has 0 radical (unpaired) electrons. The summed E-state index contributed by atoms with van der Waals surface area (Å²) in [5.74, 6) is 0.296. The summed E-state index contributed by atoms with van der Waals surface area (Å²) in [4.78, 5) is 0. The van der Waals surface area contributed by atoms with Crippen molar-refractivity contribution in [3.63, 3.8) is 0 Å². The summed E-state index contributed by atoms with van der Waals surface area (Å²) in [5.41, 5.74) is 0.832. The van der Waals surface area contributed by atoms with Crippen LogP contribution in [-0.4, -0.2) is 34.0 Å². The van der Waals surface area contributed by atoms with Gasteiger partial charge in [0.15, 0.2) is 5.65 Å². The Morgan fingerprint density at radius 2 is 1.72 bits per heavy atom. The van der Waals surface area contributed by atoms with Gasteiger partial charge in [0.05, 0.1) is 14.2 Å². The van der Waals surface area contributed by atoms with E-state index in [1.165, 1.54) is 26.4 Å². The minimum absolute atomic E-state index is 0.0147. The summed E-state index contributed by atoms with van der Waals surface area (Å²) in [6.07, 6.45) is -4.63. The fourth-order valence-corrected chi connectivity index (χ4v) is 2.22. The monoisotopic (exact) mass is 353 g/mol. The van der Waals surface area contributed by atoms with Gasteiger partial charge < -0.3 is 14.8 Å². The summed E-state index contributed by atoms with van der Waals surface area (Å²) >= 11 is 0. The van der Waals surface area contributed by atoms with E-state index in [4.69, 9.17) is 9.47 Å². The highest BCUT2D eigenvalue weighted by Crippen LogP contribution is 2.28. The number of halogens is 3. The van der Waals surface area contributed by atoms with E-state index in [0.29, 0.717) is 22.6 Å². The molecule has 0 amide bonds. The third-order valence-electron chi connectivity index (χ3n) is 3.40. The second-order valence-corrected chi connectivity index (χ2v) is 5.08. The summed E-state index contributed by atoms with van der Waals surface area (Å²) in [6, 6.07) is 8.23. The molecule has 3 rings (SSSR count). The molecule has 2 aromatic heterocycles. The molecule has 0 aliphatic carbocycles. The van der Waals surface area contributed by atoms with Crippen LogP contribution in [0.4, 0.5) is 19.0 Å². The molecule has 0 saturated carbocycles. The lowest BCUT2D eigenvalue weighted by atomic mass is 10.2. The summed E-state index contributed by atoms with van der Waals surface area (Å²) in [5, 5.41) is 13.5. The number of nitrogens with one attached hydrogen (secondary N) is 1. The van der Waals surface area contributed by atoms with E-state index in [0.717, 1.165) is 5.56 Å². The molecular weight excluding hydrogens is 339 g/mol. The minimum atomic E-state index is -4.63. The molecule has 1 aromatic carbocycles. The zero-order chi connectivity index (χ0) is 18.0. The molecule has 0 unspecified atom stereocenters. The number of aromatic nitrogens is 4. The van der Waals surface area contributed by atoms with E-state index in [9.17, 15) is 13.2 Å². The van der Waals surface area contributed by atoms with Gasteiger partial charge in [-0.05, 0) is 29.8 Å². The fraction of sp³-hybridized carbons (Fsp3) is 0.267. The first-order chi connectivity index (χ1) is 11.9. The van der Waals surface area contributed by atoms with Crippen LogP contribution >= 0.6 is 0 Å². The van der Waals surface area contributed by atoms with Gasteiger partial charge in [0.25, 0.3) is 5.82 Å². The van der Waals surface area contributed by atoms with Gasteiger partial charge in [-0.15, -0.1) is 15.3 Å². The lowest BCUT2D eigenvalue weighted by molar-refractivity contribution is -0.146. The van der Waals surface area contributed by atoms with Crippen molar-refractivity contribution >= 4 is 11.5 Å². The molecule has 10 heteroatoms. The molecule has 0 fully saturated rings. The smallest absolute Gasteiger partial charge is 0.453 e. The molecule has 0 atom stereocenters. The Kier molecular flexibility index (Phi) is 4.34. The molecule has 0 spiro atoms. The largest absolute Gasteiger partial charge is 0.497 e. The molecular formula is C15H14F3N5O2. The van der Waals surface area contributed by atoms with Crippen molar-refractivity contribution < 1.29 is 22.6 Å². The molecule has 1 N–H and O–H groups in total. The maximum atomic E-state index is 12.9. The number of ether oxygens (including phenoxy) is 2. The van der Waals surface area contributed by atoms with Gasteiger partial charge in [-0.1, -0.05) is 0 Å². The molecule has 0 saturated heterocycles. The summed E-state index contributed by atoms with van der Waals surface area (Å²) in [6.45, 7) is 0.315. The first-order valence-electron chi connectivity index (χ1n) is 7.16. The SMILES string of the molecule is COc1cc(CNc2ccc3nnc(C(F)(F)F)n3n2)cc(OC)c1. The van der Waals surface area contributed by atoms with Gasteiger partial charge >= 0.3 is 6.18 Å². The van der Waals surface area contributed by atoms with Crippen molar-refractivity contribution in [2.45, 2.75) is 12.7 Å². The van der Waals surface area contributed by atoms with E-state index in [1.807, 2.05) is 0 Å². The van der Waals surface area contributed by atoms with Crippen LogP contribution in [0.5, 0.6) is 11.5 Å². The van der Waals surface area contributed by atoms with Crippen LogP contribution in [0.15, 0.2) is 30.3 Å². The number of anilines is 1. The van der Waals surface area contributed by atoms with Crippen molar-refractivity contribution in [1.82, 2.24) is 19.8 Å². The number of rotatable bonds is 5. The molecule has 0 aliphatic rings. The Morgan fingerprint density at radius 3 is 2.32 bits per heavy atom. The van der Waals surface area contributed by atoms with Crippen LogP contribution < -0.4 is 14.8 Å². The number of hydrogen-bond donors (Lipinski definition) is 1. The van der Waals surface area contributed by atoms with Gasteiger partial charge in [0, 0.05) is 12.6 Å². The van der Waals surface area contributed by atoms with Gasteiger partial charge in [0.1, 0.15) is 17.3 Å². The molecule has 7 nitrogen and oxygen atoms in total. The average Bonchev–Trinajstić information content (AvgIpc) is 3.03. The Bertz CT molecular complexity index is 872. The highest BCUT2D eigenvalue weighted by Gasteiger charge is 2.37. The first kappa shape index (κ1) is 16.8. The number of hydrogen-bond acceptors (Lipinski definition) is 6. The second kappa shape index (κ2) is 6.46. The molecule has 0 bridgehead atoms. The van der Waals surface area contributed by atoms with Crippen LogP contribution in [-0.2, 0) is 12.7 Å². The van der Waals surface area contributed by atoms with Gasteiger partial charge in [-0.25, -0.2) is 0 Å².